The highest BCUT2D eigenvalue weighted by Gasteiger charge is 2.24. The predicted octanol–water partition coefficient (Wildman–Crippen LogP) is 3.01. The van der Waals surface area contributed by atoms with Crippen molar-refractivity contribution in [2.24, 2.45) is 0 Å². The van der Waals surface area contributed by atoms with Gasteiger partial charge in [0.2, 0.25) is 0 Å². The van der Waals surface area contributed by atoms with Crippen LogP contribution in [-0.2, 0) is 0 Å². The van der Waals surface area contributed by atoms with Gasteiger partial charge in [0, 0.05) is 0 Å². The highest BCUT2D eigenvalue weighted by molar-refractivity contribution is 5.32. The molecule has 1 saturated carbocycles. The Bertz CT molecular complexity index is 274. The molecule has 58 valence electrons. The summed E-state index contributed by atoms with van der Waals surface area (Å²) >= 11 is 0. The fourth-order valence-corrected chi connectivity index (χ4v) is 1.49. The molecule has 0 unspecified atom stereocenters. The monoisotopic (exact) mass is 150 g/mol. The minimum absolute atomic E-state index is 0.119. The fraction of sp³-hybridized carbons (Fsp3) is 0.400. The van der Waals surface area contributed by atoms with Crippen LogP contribution in [0.1, 0.15) is 29.9 Å². The van der Waals surface area contributed by atoms with Crippen molar-refractivity contribution in [3.63, 3.8) is 0 Å². The zero-order chi connectivity index (χ0) is 7.84. The molecule has 0 radical (unpaired) electrons. The second-order valence-electron chi connectivity index (χ2n) is 3.28. The Hall–Kier alpha value is -0.850. The van der Waals surface area contributed by atoms with E-state index in [9.17, 15) is 4.39 Å². The third kappa shape index (κ3) is 1.28. The van der Waals surface area contributed by atoms with Gasteiger partial charge in [0.25, 0.3) is 0 Å². The Labute approximate surface area is 66.1 Å². The van der Waals surface area contributed by atoms with E-state index in [0.717, 1.165) is 11.5 Å². The van der Waals surface area contributed by atoms with E-state index >= 15 is 0 Å². The molecule has 1 heteroatoms. The first-order valence-electron chi connectivity index (χ1n) is 4.03. The molecule has 0 N–H and O–H groups in total. The highest BCUT2D eigenvalue weighted by atomic mass is 19.1. The number of hydrogen-bond acceptors (Lipinski definition) is 0. The second kappa shape index (κ2) is 2.33. The van der Waals surface area contributed by atoms with Crippen molar-refractivity contribution in [1.29, 1.82) is 0 Å². The Kier molecular flexibility index (Phi) is 1.45. The van der Waals surface area contributed by atoms with Gasteiger partial charge in [-0.05, 0) is 48.9 Å². The molecule has 2 rings (SSSR count). The standard InChI is InChI=1S/C10H11F/c1-7-6-9(11)4-5-10(7)8-2-3-8/h4-6,8H,2-3H2,1H3. The number of hydrogen-bond donors (Lipinski definition) is 0. The fourth-order valence-electron chi connectivity index (χ4n) is 1.49. The maximum Gasteiger partial charge on any atom is 0.123 e. The van der Waals surface area contributed by atoms with Crippen molar-refractivity contribution in [3.8, 4) is 0 Å². The lowest BCUT2D eigenvalue weighted by atomic mass is 10.0. The highest BCUT2D eigenvalue weighted by Crippen LogP contribution is 2.41. The quantitative estimate of drug-likeness (QED) is 0.577. The molecule has 1 aromatic rings. The summed E-state index contributed by atoms with van der Waals surface area (Å²) < 4.78 is 12.6. The van der Waals surface area contributed by atoms with Crippen LogP contribution in [0.4, 0.5) is 4.39 Å². The van der Waals surface area contributed by atoms with Crippen LogP contribution in [-0.4, -0.2) is 0 Å². The van der Waals surface area contributed by atoms with E-state index in [1.165, 1.54) is 18.4 Å². The van der Waals surface area contributed by atoms with E-state index in [-0.39, 0.29) is 5.82 Å². The summed E-state index contributed by atoms with van der Waals surface area (Å²) in [6.07, 6.45) is 2.57. The Balaban J connectivity index is 2.39. The zero-order valence-electron chi connectivity index (χ0n) is 6.60. The van der Waals surface area contributed by atoms with Gasteiger partial charge in [-0.2, -0.15) is 0 Å². The van der Waals surface area contributed by atoms with Crippen molar-refractivity contribution >= 4 is 0 Å². The van der Waals surface area contributed by atoms with Crippen molar-refractivity contribution in [2.75, 3.05) is 0 Å². The number of rotatable bonds is 1. The number of halogens is 1. The lowest BCUT2D eigenvalue weighted by Crippen LogP contribution is -1.86. The Morgan fingerprint density at radius 3 is 2.64 bits per heavy atom. The molecule has 0 bridgehead atoms. The first kappa shape index (κ1) is 6.84. The van der Waals surface area contributed by atoms with Crippen molar-refractivity contribution in [2.45, 2.75) is 25.7 Å². The van der Waals surface area contributed by atoms with Crippen LogP contribution in [0.3, 0.4) is 0 Å². The van der Waals surface area contributed by atoms with Crippen LogP contribution >= 0.6 is 0 Å². The smallest absolute Gasteiger partial charge is 0.123 e. The predicted molar refractivity (Wildman–Crippen MR) is 43.1 cm³/mol. The molecule has 0 aromatic heterocycles. The van der Waals surface area contributed by atoms with Crippen molar-refractivity contribution in [1.82, 2.24) is 0 Å². The van der Waals surface area contributed by atoms with Crippen LogP contribution in [0.5, 0.6) is 0 Å². The molecule has 0 amide bonds. The lowest BCUT2D eigenvalue weighted by Gasteiger charge is -2.02. The average Bonchev–Trinajstić information content (AvgIpc) is 2.70. The molecule has 0 aliphatic heterocycles. The maximum atomic E-state index is 12.6. The van der Waals surface area contributed by atoms with E-state index in [4.69, 9.17) is 0 Å². The maximum absolute atomic E-state index is 12.6. The largest absolute Gasteiger partial charge is 0.207 e. The minimum atomic E-state index is -0.119. The van der Waals surface area contributed by atoms with Gasteiger partial charge in [-0.1, -0.05) is 6.07 Å². The van der Waals surface area contributed by atoms with E-state index in [2.05, 4.69) is 0 Å². The molecule has 1 aliphatic rings. The van der Waals surface area contributed by atoms with Crippen molar-refractivity contribution < 1.29 is 4.39 Å². The van der Waals surface area contributed by atoms with Gasteiger partial charge in [-0.3, -0.25) is 0 Å². The minimum Gasteiger partial charge on any atom is -0.207 e. The first-order valence-corrected chi connectivity index (χ1v) is 4.03. The first-order chi connectivity index (χ1) is 5.27. The third-order valence-corrected chi connectivity index (χ3v) is 2.25. The summed E-state index contributed by atoms with van der Waals surface area (Å²) in [6.45, 7) is 1.98. The van der Waals surface area contributed by atoms with E-state index in [1.807, 2.05) is 13.0 Å². The molecule has 0 atom stereocenters. The van der Waals surface area contributed by atoms with Crippen LogP contribution in [0, 0.1) is 12.7 Å². The van der Waals surface area contributed by atoms with Crippen LogP contribution < -0.4 is 0 Å². The second-order valence-corrected chi connectivity index (χ2v) is 3.28. The van der Waals surface area contributed by atoms with E-state index < -0.39 is 0 Å². The van der Waals surface area contributed by atoms with E-state index in [0.29, 0.717) is 0 Å². The molecule has 0 nitrogen and oxygen atoms in total. The molecular formula is C10H11F. The van der Waals surface area contributed by atoms with Gasteiger partial charge in [0.1, 0.15) is 5.82 Å². The van der Waals surface area contributed by atoms with Crippen LogP contribution in [0.15, 0.2) is 18.2 Å². The third-order valence-electron chi connectivity index (χ3n) is 2.25. The molecule has 0 spiro atoms. The summed E-state index contributed by atoms with van der Waals surface area (Å²) in [5.74, 6) is 0.613. The molecule has 0 heterocycles. The van der Waals surface area contributed by atoms with Gasteiger partial charge in [0.15, 0.2) is 0 Å². The zero-order valence-corrected chi connectivity index (χ0v) is 6.60. The van der Waals surface area contributed by atoms with Gasteiger partial charge < -0.3 is 0 Å². The van der Waals surface area contributed by atoms with Gasteiger partial charge >= 0.3 is 0 Å². The topological polar surface area (TPSA) is 0 Å². The summed E-state index contributed by atoms with van der Waals surface area (Å²) in [4.78, 5) is 0. The average molecular weight is 150 g/mol. The summed E-state index contributed by atoms with van der Waals surface area (Å²) in [5.41, 5.74) is 2.44. The SMILES string of the molecule is Cc1cc(F)ccc1C1CC1. The molecule has 0 saturated heterocycles. The molecule has 11 heavy (non-hydrogen) atoms. The molecule has 1 aromatic carbocycles. The summed E-state index contributed by atoms with van der Waals surface area (Å²) in [6, 6.07) is 5.09. The van der Waals surface area contributed by atoms with Crippen molar-refractivity contribution in [3.05, 3.63) is 35.1 Å². The van der Waals surface area contributed by atoms with Crippen LogP contribution in [0.2, 0.25) is 0 Å². The molecule has 1 aliphatic carbocycles. The lowest BCUT2D eigenvalue weighted by molar-refractivity contribution is 0.625. The van der Waals surface area contributed by atoms with Gasteiger partial charge in [-0.25, -0.2) is 4.39 Å². The summed E-state index contributed by atoms with van der Waals surface area (Å²) in [7, 11) is 0. The number of benzene rings is 1. The van der Waals surface area contributed by atoms with Crippen LogP contribution in [0.25, 0.3) is 0 Å². The normalized spacial score (nSPS) is 16.9. The van der Waals surface area contributed by atoms with E-state index in [1.54, 1.807) is 12.1 Å². The summed E-state index contributed by atoms with van der Waals surface area (Å²) in [5, 5.41) is 0. The van der Waals surface area contributed by atoms with Gasteiger partial charge in [-0.15, -0.1) is 0 Å². The Morgan fingerprint density at radius 1 is 1.36 bits per heavy atom. The number of aryl methyl sites for hydroxylation is 1. The van der Waals surface area contributed by atoms with Gasteiger partial charge in [0.05, 0.1) is 0 Å². The molecular weight excluding hydrogens is 139 g/mol. The molecule has 1 fully saturated rings. The Morgan fingerprint density at radius 2 is 2.09 bits per heavy atom.